The van der Waals surface area contributed by atoms with Crippen LogP contribution in [0.15, 0.2) is 48.9 Å². The van der Waals surface area contributed by atoms with E-state index in [-0.39, 0.29) is 0 Å². The van der Waals surface area contributed by atoms with Crippen LogP contribution in [-0.2, 0) is 6.42 Å². The van der Waals surface area contributed by atoms with Gasteiger partial charge < -0.3 is 5.32 Å². The monoisotopic (exact) mass is 338 g/mol. The lowest BCUT2D eigenvalue weighted by molar-refractivity contribution is 0.941. The number of hydrogen-bond donors (Lipinski definition) is 1. The fraction of sp³-hybridized carbons (Fsp3) is 0.211. The summed E-state index contributed by atoms with van der Waals surface area (Å²) >= 11 is 6.35. The van der Waals surface area contributed by atoms with Crippen molar-refractivity contribution in [2.45, 2.75) is 20.3 Å². The molecule has 1 N–H and O–H groups in total. The summed E-state index contributed by atoms with van der Waals surface area (Å²) in [5.41, 5.74) is 4.80. The van der Waals surface area contributed by atoms with Crippen molar-refractivity contribution in [1.29, 1.82) is 0 Å². The van der Waals surface area contributed by atoms with Gasteiger partial charge in [-0.3, -0.25) is 4.98 Å². The number of nitrogens with zero attached hydrogens (tertiary/aromatic N) is 3. The maximum Gasteiger partial charge on any atom is 0.127 e. The Balaban J connectivity index is 2.07. The molecule has 0 saturated carbocycles. The molecule has 24 heavy (non-hydrogen) atoms. The third-order valence-corrected chi connectivity index (χ3v) is 4.03. The smallest absolute Gasteiger partial charge is 0.127 e. The summed E-state index contributed by atoms with van der Waals surface area (Å²) in [5.74, 6) is 0.841. The van der Waals surface area contributed by atoms with Crippen LogP contribution in [0.4, 0.5) is 5.69 Å². The molecule has 122 valence electrons. The van der Waals surface area contributed by atoms with E-state index in [0.717, 1.165) is 45.5 Å². The molecular formula is C19H19ClN4. The molecule has 0 bridgehead atoms. The van der Waals surface area contributed by atoms with E-state index in [1.165, 1.54) is 0 Å². The van der Waals surface area contributed by atoms with Crippen LogP contribution in [0.2, 0.25) is 5.02 Å². The first-order valence-corrected chi connectivity index (χ1v) is 8.24. The average Bonchev–Trinajstić information content (AvgIpc) is 2.60. The van der Waals surface area contributed by atoms with Gasteiger partial charge in [-0.05, 0) is 24.6 Å². The van der Waals surface area contributed by atoms with Gasteiger partial charge in [-0.1, -0.05) is 36.7 Å². The van der Waals surface area contributed by atoms with Gasteiger partial charge in [-0.25, -0.2) is 9.97 Å². The van der Waals surface area contributed by atoms with E-state index in [9.17, 15) is 0 Å². The van der Waals surface area contributed by atoms with Gasteiger partial charge in [0.05, 0.1) is 16.2 Å². The van der Waals surface area contributed by atoms with Crippen molar-refractivity contribution in [2.24, 2.45) is 0 Å². The van der Waals surface area contributed by atoms with Crippen LogP contribution in [-0.4, -0.2) is 21.5 Å². The quantitative estimate of drug-likeness (QED) is 0.672. The number of hydrogen-bond acceptors (Lipinski definition) is 4. The van der Waals surface area contributed by atoms with Crippen molar-refractivity contribution in [1.82, 2.24) is 15.0 Å². The Hall–Kier alpha value is -2.46. The van der Waals surface area contributed by atoms with Crippen molar-refractivity contribution in [3.05, 3.63) is 59.8 Å². The van der Waals surface area contributed by atoms with E-state index in [4.69, 9.17) is 11.6 Å². The Labute approximate surface area is 146 Å². The number of nitrogens with one attached hydrogen (secondary N) is 1. The summed E-state index contributed by atoms with van der Waals surface area (Å²) in [6, 6.07) is 6.08. The maximum atomic E-state index is 6.35. The number of pyridine rings is 1. The molecule has 0 aliphatic carbocycles. The van der Waals surface area contributed by atoms with E-state index < -0.39 is 0 Å². The molecule has 0 atom stereocenters. The van der Waals surface area contributed by atoms with Crippen molar-refractivity contribution >= 4 is 28.2 Å². The number of rotatable bonds is 5. The summed E-state index contributed by atoms with van der Waals surface area (Å²) in [7, 11) is 0. The van der Waals surface area contributed by atoms with E-state index in [1.807, 2.05) is 38.4 Å². The Morgan fingerprint density at radius 2 is 1.88 bits per heavy atom. The van der Waals surface area contributed by atoms with Crippen LogP contribution in [0.3, 0.4) is 0 Å². The topological polar surface area (TPSA) is 50.7 Å². The molecule has 0 fully saturated rings. The minimum atomic E-state index is 0.596. The van der Waals surface area contributed by atoms with Crippen molar-refractivity contribution in [2.75, 3.05) is 11.9 Å². The predicted octanol–water partition coefficient (Wildman–Crippen LogP) is 4.90. The summed E-state index contributed by atoms with van der Waals surface area (Å²) in [5, 5.41) is 4.92. The van der Waals surface area contributed by atoms with Crippen molar-refractivity contribution in [3.63, 3.8) is 0 Å². The minimum absolute atomic E-state index is 0.596. The van der Waals surface area contributed by atoms with Gasteiger partial charge in [-0.15, -0.1) is 0 Å². The maximum absolute atomic E-state index is 6.35. The lowest BCUT2D eigenvalue weighted by Crippen LogP contribution is -2.03. The molecule has 0 aliphatic heterocycles. The molecule has 5 heteroatoms. The average molecular weight is 339 g/mol. The highest BCUT2D eigenvalue weighted by Crippen LogP contribution is 2.32. The van der Waals surface area contributed by atoms with Crippen LogP contribution >= 0.6 is 11.6 Å². The molecule has 2 aromatic heterocycles. The second-order valence-electron chi connectivity index (χ2n) is 5.77. The standard InChI is InChI=1S/C19H19ClN4/c1-4-18-22-9-14(10-23-18)13-5-6-17-15(7-13)19(16(20)11-21-17)24-8-12(2)3/h5-7,9-11H,2,4,8H2,1,3H3,(H,21,24). The highest BCUT2D eigenvalue weighted by molar-refractivity contribution is 6.34. The van der Waals surface area contributed by atoms with E-state index >= 15 is 0 Å². The fourth-order valence-corrected chi connectivity index (χ4v) is 2.67. The fourth-order valence-electron chi connectivity index (χ4n) is 2.45. The number of fused-ring (bicyclic) bond motifs is 1. The zero-order chi connectivity index (χ0) is 17.1. The highest BCUT2D eigenvalue weighted by Gasteiger charge is 2.09. The number of anilines is 1. The molecule has 3 aromatic rings. The molecule has 4 nitrogen and oxygen atoms in total. The first kappa shape index (κ1) is 16.4. The molecule has 0 spiro atoms. The summed E-state index contributed by atoms with van der Waals surface area (Å²) < 4.78 is 0. The number of benzene rings is 1. The Morgan fingerprint density at radius 1 is 1.12 bits per heavy atom. The lowest BCUT2D eigenvalue weighted by atomic mass is 10.0. The van der Waals surface area contributed by atoms with Crippen LogP contribution in [0.1, 0.15) is 19.7 Å². The molecule has 0 unspecified atom stereocenters. The van der Waals surface area contributed by atoms with E-state index in [0.29, 0.717) is 11.6 Å². The van der Waals surface area contributed by atoms with Gasteiger partial charge in [0.1, 0.15) is 5.82 Å². The van der Waals surface area contributed by atoms with Crippen LogP contribution in [0, 0.1) is 0 Å². The molecule has 0 aliphatic rings. The molecule has 0 amide bonds. The van der Waals surface area contributed by atoms with Crippen LogP contribution in [0.5, 0.6) is 0 Å². The van der Waals surface area contributed by atoms with Gasteiger partial charge in [0, 0.05) is 42.5 Å². The summed E-state index contributed by atoms with van der Waals surface area (Å²) in [6.07, 6.45) is 6.20. The number of aromatic nitrogens is 3. The highest BCUT2D eigenvalue weighted by atomic mass is 35.5. The van der Waals surface area contributed by atoms with Gasteiger partial charge in [0.25, 0.3) is 0 Å². The Morgan fingerprint density at radius 3 is 2.54 bits per heavy atom. The molecule has 1 aromatic carbocycles. The number of halogens is 1. The van der Waals surface area contributed by atoms with Crippen LogP contribution in [0.25, 0.3) is 22.0 Å². The SMILES string of the molecule is C=C(C)CNc1c(Cl)cnc2ccc(-c3cnc(CC)nc3)cc12. The summed E-state index contributed by atoms with van der Waals surface area (Å²) in [6.45, 7) is 8.60. The minimum Gasteiger partial charge on any atom is -0.380 e. The largest absolute Gasteiger partial charge is 0.380 e. The second kappa shape index (κ2) is 6.97. The molecule has 3 rings (SSSR count). The van der Waals surface area contributed by atoms with E-state index in [2.05, 4.69) is 32.9 Å². The zero-order valence-corrected chi connectivity index (χ0v) is 14.6. The molecule has 0 saturated heterocycles. The molecular weight excluding hydrogens is 320 g/mol. The second-order valence-corrected chi connectivity index (χ2v) is 6.17. The van der Waals surface area contributed by atoms with Gasteiger partial charge in [-0.2, -0.15) is 0 Å². The first-order valence-electron chi connectivity index (χ1n) is 7.86. The Kier molecular flexibility index (Phi) is 4.76. The van der Waals surface area contributed by atoms with E-state index in [1.54, 1.807) is 6.20 Å². The van der Waals surface area contributed by atoms with Crippen molar-refractivity contribution in [3.8, 4) is 11.1 Å². The zero-order valence-electron chi connectivity index (χ0n) is 13.8. The lowest BCUT2D eigenvalue weighted by Gasteiger charge is -2.12. The van der Waals surface area contributed by atoms with Gasteiger partial charge in [0.15, 0.2) is 0 Å². The summed E-state index contributed by atoms with van der Waals surface area (Å²) in [4.78, 5) is 13.2. The van der Waals surface area contributed by atoms with Gasteiger partial charge in [0.2, 0.25) is 0 Å². The van der Waals surface area contributed by atoms with Crippen LogP contribution < -0.4 is 5.32 Å². The predicted molar refractivity (Wildman–Crippen MR) is 100 cm³/mol. The molecule has 0 radical (unpaired) electrons. The first-order chi connectivity index (χ1) is 11.6. The Bertz CT molecular complexity index is 888. The van der Waals surface area contributed by atoms with Crippen molar-refractivity contribution < 1.29 is 0 Å². The number of aryl methyl sites for hydroxylation is 1. The molecule has 2 heterocycles. The third kappa shape index (κ3) is 3.39. The third-order valence-electron chi connectivity index (χ3n) is 3.74. The van der Waals surface area contributed by atoms with Gasteiger partial charge >= 0.3 is 0 Å². The normalized spacial score (nSPS) is 10.8.